The number of ether oxygens (including phenoxy) is 1. The van der Waals surface area contributed by atoms with Crippen molar-refractivity contribution in [3.63, 3.8) is 0 Å². The smallest absolute Gasteiger partial charge is 0.119 e. The highest BCUT2D eigenvalue weighted by Crippen LogP contribution is 2.37. The largest absolute Gasteiger partial charge is 0.497 e. The van der Waals surface area contributed by atoms with E-state index in [4.69, 9.17) is 4.74 Å². The second-order valence-corrected chi connectivity index (χ2v) is 5.69. The fraction of sp³-hybridized carbons (Fsp3) is 0.588. The fourth-order valence-corrected chi connectivity index (χ4v) is 3.08. The Morgan fingerprint density at radius 2 is 1.84 bits per heavy atom. The number of benzene rings is 1. The Bertz CT molecular complexity index is 439. The van der Waals surface area contributed by atoms with Gasteiger partial charge in [-0.2, -0.15) is 5.26 Å². The van der Waals surface area contributed by atoms with Crippen molar-refractivity contribution in [2.75, 3.05) is 7.11 Å². The van der Waals surface area contributed by atoms with Crippen molar-refractivity contribution in [2.24, 2.45) is 5.41 Å². The molecule has 1 aliphatic rings. The SMILES string of the molecule is COc1cccc(CC2(C#N)CCCCCCC2)c1. The molecule has 19 heavy (non-hydrogen) atoms. The minimum absolute atomic E-state index is 0.160. The number of nitrogens with zero attached hydrogens (tertiary/aromatic N) is 1. The standard InChI is InChI=1S/C17H23NO/c1-19-16-9-7-8-15(12-16)13-17(14-18)10-5-3-2-4-6-11-17/h7-9,12H,2-6,10-11,13H2,1H3. The van der Waals surface area contributed by atoms with Gasteiger partial charge in [-0.1, -0.05) is 44.2 Å². The fourth-order valence-electron chi connectivity index (χ4n) is 3.08. The maximum absolute atomic E-state index is 9.66. The van der Waals surface area contributed by atoms with Crippen LogP contribution in [0.1, 0.15) is 50.5 Å². The minimum Gasteiger partial charge on any atom is -0.497 e. The number of hydrogen-bond donors (Lipinski definition) is 0. The highest BCUT2D eigenvalue weighted by molar-refractivity contribution is 5.30. The summed E-state index contributed by atoms with van der Waals surface area (Å²) in [4.78, 5) is 0. The number of nitriles is 1. The molecule has 0 heterocycles. The van der Waals surface area contributed by atoms with Gasteiger partial charge < -0.3 is 4.74 Å². The second kappa shape index (κ2) is 6.61. The van der Waals surface area contributed by atoms with Crippen molar-refractivity contribution >= 4 is 0 Å². The maximum atomic E-state index is 9.66. The van der Waals surface area contributed by atoms with Crippen molar-refractivity contribution in [1.29, 1.82) is 5.26 Å². The lowest BCUT2D eigenvalue weighted by atomic mass is 9.73. The van der Waals surface area contributed by atoms with Crippen molar-refractivity contribution in [2.45, 2.75) is 51.4 Å². The third-order valence-electron chi connectivity index (χ3n) is 4.22. The molecule has 2 heteroatoms. The summed E-state index contributed by atoms with van der Waals surface area (Å²) in [5, 5.41) is 9.66. The molecular formula is C17H23NO. The van der Waals surface area contributed by atoms with Gasteiger partial charge in [-0.05, 0) is 37.0 Å². The van der Waals surface area contributed by atoms with Crippen molar-refractivity contribution < 1.29 is 4.74 Å². The van der Waals surface area contributed by atoms with Crippen LogP contribution in [0.15, 0.2) is 24.3 Å². The van der Waals surface area contributed by atoms with Crippen LogP contribution in [0.2, 0.25) is 0 Å². The van der Waals surface area contributed by atoms with Gasteiger partial charge in [0.2, 0.25) is 0 Å². The summed E-state index contributed by atoms with van der Waals surface area (Å²) in [5.74, 6) is 0.886. The summed E-state index contributed by atoms with van der Waals surface area (Å²) in [5.41, 5.74) is 1.06. The Balaban J connectivity index is 2.13. The Labute approximate surface area is 116 Å². The van der Waals surface area contributed by atoms with E-state index in [1.165, 1.54) is 37.7 Å². The second-order valence-electron chi connectivity index (χ2n) is 5.69. The molecule has 0 spiro atoms. The molecule has 1 aliphatic carbocycles. The third-order valence-corrected chi connectivity index (χ3v) is 4.22. The number of hydrogen-bond acceptors (Lipinski definition) is 2. The molecule has 0 aromatic heterocycles. The first kappa shape index (κ1) is 13.9. The van der Waals surface area contributed by atoms with Crippen molar-refractivity contribution in [1.82, 2.24) is 0 Å². The summed E-state index contributed by atoms with van der Waals surface area (Å²) < 4.78 is 5.27. The first-order valence-electron chi connectivity index (χ1n) is 7.32. The average Bonchev–Trinajstić information content (AvgIpc) is 2.42. The van der Waals surface area contributed by atoms with Gasteiger partial charge in [0, 0.05) is 0 Å². The van der Waals surface area contributed by atoms with E-state index in [-0.39, 0.29) is 5.41 Å². The summed E-state index contributed by atoms with van der Waals surface area (Å²) in [6.07, 6.45) is 9.22. The summed E-state index contributed by atoms with van der Waals surface area (Å²) in [7, 11) is 1.69. The van der Waals surface area contributed by atoms with E-state index in [0.29, 0.717) is 0 Å². The molecule has 0 amide bonds. The molecule has 0 radical (unpaired) electrons. The van der Waals surface area contributed by atoms with Gasteiger partial charge in [-0.3, -0.25) is 0 Å². The minimum atomic E-state index is -0.160. The Hall–Kier alpha value is -1.49. The van der Waals surface area contributed by atoms with Gasteiger partial charge in [0.05, 0.1) is 18.6 Å². The molecule has 1 fully saturated rings. The molecule has 1 aromatic carbocycles. The van der Waals surface area contributed by atoms with Crippen LogP contribution < -0.4 is 4.74 Å². The summed E-state index contributed by atoms with van der Waals surface area (Å²) in [6.45, 7) is 0. The van der Waals surface area contributed by atoms with Crippen LogP contribution in [0.4, 0.5) is 0 Å². The molecule has 0 bridgehead atoms. The van der Waals surface area contributed by atoms with Gasteiger partial charge in [-0.15, -0.1) is 0 Å². The predicted octanol–water partition coefficient (Wildman–Crippen LogP) is 4.49. The molecule has 102 valence electrons. The normalized spacial score (nSPS) is 18.9. The van der Waals surface area contributed by atoms with Crippen LogP contribution in [-0.4, -0.2) is 7.11 Å². The lowest BCUT2D eigenvalue weighted by Gasteiger charge is -2.28. The molecule has 0 aliphatic heterocycles. The van der Waals surface area contributed by atoms with E-state index in [0.717, 1.165) is 25.0 Å². The Morgan fingerprint density at radius 3 is 2.47 bits per heavy atom. The molecule has 2 nitrogen and oxygen atoms in total. The average molecular weight is 257 g/mol. The predicted molar refractivity (Wildman–Crippen MR) is 77.1 cm³/mol. The van der Waals surface area contributed by atoms with Gasteiger partial charge >= 0.3 is 0 Å². The molecule has 0 N–H and O–H groups in total. The monoisotopic (exact) mass is 257 g/mol. The van der Waals surface area contributed by atoms with Crippen LogP contribution in [0.3, 0.4) is 0 Å². The lowest BCUT2D eigenvalue weighted by molar-refractivity contribution is 0.287. The van der Waals surface area contributed by atoms with Crippen LogP contribution in [-0.2, 0) is 6.42 Å². The molecule has 1 aromatic rings. The Kier molecular flexibility index (Phi) is 4.85. The number of rotatable bonds is 3. The third kappa shape index (κ3) is 3.73. The quantitative estimate of drug-likeness (QED) is 0.799. The highest BCUT2D eigenvalue weighted by Gasteiger charge is 2.30. The van der Waals surface area contributed by atoms with E-state index in [2.05, 4.69) is 18.2 Å². The van der Waals surface area contributed by atoms with Gasteiger partial charge in [0.25, 0.3) is 0 Å². The van der Waals surface area contributed by atoms with Crippen LogP contribution in [0, 0.1) is 16.7 Å². The van der Waals surface area contributed by atoms with Crippen LogP contribution in [0.25, 0.3) is 0 Å². The first-order valence-corrected chi connectivity index (χ1v) is 7.32. The first-order chi connectivity index (χ1) is 9.28. The molecule has 2 rings (SSSR count). The highest BCUT2D eigenvalue weighted by atomic mass is 16.5. The molecule has 1 saturated carbocycles. The molecule has 0 saturated heterocycles. The van der Waals surface area contributed by atoms with E-state index in [1.807, 2.05) is 12.1 Å². The van der Waals surface area contributed by atoms with Gasteiger partial charge in [-0.25, -0.2) is 0 Å². The van der Waals surface area contributed by atoms with Gasteiger partial charge in [0.1, 0.15) is 5.75 Å². The van der Waals surface area contributed by atoms with E-state index < -0.39 is 0 Å². The van der Waals surface area contributed by atoms with Crippen molar-refractivity contribution in [3.8, 4) is 11.8 Å². The number of methoxy groups -OCH3 is 1. The van der Waals surface area contributed by atoms with Gasteiger partial charge in [0.15, 0.2) is 0 Å². The maximum Gasteiger partial charge on any atom is 0.119 e. The summed E-state index contributed by atoms with van der Waals surface area (Å²) in [6, 6.07) is 10.8. The van der Waals surface area contributed by atoms with E-state index in [9.17, 15) is 5.26 Å². The summed E-state index contributed by atoms with van der Waals surface area (Å²) >= 11 is 0. The zero-order chi connectivity index (χ0) is 13.6. The van der Waals surface area contributed by atoms with E-state index in [1.54, 1.807) is 7.11 Å². The molecule has 0 atom stereocenters. The zero-order valence-corrected chi connectivity index (χ0v) is 11.8. The van der Waals surface area contributed by atoms with E-state index >= 15 is 0 Å². The lowest BCUT2D eigenvalue weighted by Crippen LogP contribution is -2.23. The van der Waals surface area contributed by atoms with Crippen LogP contribution >= 0.6 is 0 Å². The zero-order valence-electron chi connectivity index (χ0n) is 11.8. The molecule has 0 unspecified atom stereocenters. The Morgan fingerprint density at radius 1 is 1.16 bits per heavy atom. The van der Waals surface area contributed by atoms with Crippen molar-refractivity contribution in [3.05, 3.63) is 29.8 Å². The molecular weight excluding hydrogens is 234 g/mol. The van der Waals surface area contributed by atoms with Crippen LogP contribution in [0.5, 0.6) is 5.75 Å². The topological polar surface area (TPSA) is 33.0 Å².